The normalized spacial score (nSPS) is 21.8. The van der Waals surface area contributed by atoms with E-state index in [-0.39, 0.29) is 18.5 Å². The van der Waals surface area contributed by atoms with Gasteiger partial charge in [-0.25, -0.2) is 4.98 Å². The number of nitrogens with one attached hydrogen (secondary N) is 1. The lowest BCUT2D eigenvalue weighted by Crippen LogP contribution is -2.30. The number of benzene rings is 1. The van der Waals surface area contributed by atoms with Crippen molar-refractivity contribution in [3.8, 4) is 5.75 Å². The number of aromatic nitrogens is 1. The standard InChI is InChI=1S/C25H30F3N3O2.H2/c1-14-10-19-22(30-23(14)29-20(32)11-24(3,4)5)21-15(2)18(21)13-31(19)12-16-6-8-17(9-7-16)33-25(26,27)28;/h6-10,15,18,21H,11-13H2,1-5H3,(H,29,30,32);1H. The Morgan fingerprint density at radius 3 is 2.52 bits per heavy atom. The summed E-state index contributed by atoms with van der Waals surface area (Å²) >= 11 is 0. The van der Waals surface area contributed by atoms with Gasteiger partial charge < -0.3 is 15.0 Å². The maximum Gasteiger partial charge on any atom is 0.573 e. The van der Waals surface area contributed by atoms with Crippen LogP contribution in [0, 0.1) is 24.2 Å². The molecule has 4 rings (SSSR count). The molecule has 5 nitrogen and oxygen atoms in total. The minimum atomic E-state index is -4.70. The molecule has 180 valence electrons. The molecule has 0 radical (unpaired) electrons. The fourth-order valence-corrected chi connectivity index (χ4v) is 4.69. The average Bonchev–Trinajstić information content (AvgIpc) is 3.31. The zero-order valence-corrected chi connectivity index (χ0v) is 19.6. The Bertz CT molecular complexity index is 1050. The van der Waals surface area contributed by atoms with Gasteiger partial charge in [-0.3, -0.25) is 4.79 Å². The first-order valence-corrected chi connectivity index (χ1v) is 11.2. The molecule has 3 atom stereocenters. The lowest BCUT2D eigenvalue weighted by molar-refractivity contribution is -0.274. The van der Waals surface area contributed by atoms with E-state index >= 15 is 0 Å². The van der Waals surface area contributed by atoms with Gasteiger partial charge >= 0.3 is 6.36 Å². The van der Waals surface area contributed by atoms with E-state index in [1.807, 2.05) is 27.7 Å². The second-order valence-electron chi connectivity index (χ2n) is 10.5. The Morgan fingerprint density at radius 1 is 1.24 bits per heavy atom. The molecule has 0 bridgehead atoms. The van der Waals surface area contributed by atoms with Crippen LogP contribution in [0.1, 0.15) is 58.3 Å². The van der Waals surface area contributed by atoms with Crippen LogP contribution in [0.3, 0.4) is 0 Å². The molecule has 1 fully saturated rings. The quantitative estimate of drug-likeness (QED) is 0.567. The molecule has 2 aliphatic rings. The first kappa shape index (κ1) is 23.4. The van der Waals surface area contributed by atoms with Crippen LogP contribution in [0.4, 0.5) is 24.7 Å². The van der Waals surface area contributed by atoms with Crippen molar-refractivity contribution in [1.82, 2.24) is 4.98 Å². The van der Waals surface area contributed by atoms with Crippen molar-refractivity contribution < 1.29 is 24.1 Å². The number of carbonyl (C=O) groups is 1. The molecule has 1 saturated carbocycles. The van der Waals surface area contributed by atoms with Gasteiger partial charge in [-0.05, 0) is 53.5 Å². The molecule has 1 aromatic carbocycles. The number of pyridine rings is 1. The highest BCUT2D eigenvalue weighted by Crippen LogP contribution is 2.59. The molecule has 2 aromatic rings. The number of nitrogens with zero attached hydrogens (tertiary/aromatic N) is 2. The lowest BCUT2D eigenvalue weighted by atomic mass is 9.92. The maximum atomic E-state index is 12.5. The zero-order chi connectivity index (χ0) is 24.1. The molecule has 0 saturated heterocycles. The van der Waals surface area contributed by atoms with Crippen molar-refractivity contribution in [2.75, 3.05) is 16.8 Å². The van der Waals surface area contributed by atoms with Gasteiger partial charge in [0.2, 0.25) is 5.91 Å². The number of alkyl halides is 3. The number of fused-ring (bicyclic) bond motifs is 3. The Morgan fingerprint density at radius 2 is 1.91 bits per heavy atom. The predicted octanol–water partition coefficient (Wildman–Crippen LogP) is 6.28. The van der Waals surface area contributed by atoms with Gasteiger partial charge in [-0.1, -0.05) is 39.8 Å². The van der Waals surface area contributed by atoms with E-state index in [1.54, 1.807) is 12.1 Å². The lowest BCUT2D eigenvalue weighted by Gasteiger charge is -2.31. The van der Waals surface area contributed by atoms with Crippen LogP contribution in [-0.2, 0) is 11.3 Å². The number of aryl methyl sites for hydroxylation is 1. The van der Waals surface area contributed by atoms with Crippen molar-refractivity contribution in [2.24, 2.45) is 17.3 Å². The number of carbonyl (C=O) groups excluding carboxylic acids is 1. The SMILES string of the molecule is Cc1cc2c(nc1NC(=O)CC(C)(C)C)C1C(C)C1CN2Cc1ccc(OC(F)(F)F)cc1.[HH]. The topological polar surface area (TPSA) is 54.5 Å². The summed E-state index contributed by atoms with van der Waals surface area (Å²) in [6, 6.07) is 8.06. The summed E-state index contributed by atoms with van der Waals surface area (Å²) in [5.74, 6) is 1.69. The highest BCUT2D eigenvalue weighted by molar-refractivity contribution is 5.91. The maximum absolute atomic E-state index is 12.5. The summed E-state index contributed by atoms with van der Waals surface area (Å²) < 4.78 is 41.3. The Kier molecular flexibility index (Phi) is 5.83. The first-order valence-electron chi connectivity index (χ1n) is 11.2. The summed E-state index contributed by atoms with van der Waals surface area (Å²) in [6.07, 6.45) is -4.29. The van der Waals surface area contributed by atoms with Crippen LogP contribution < -0.4 is 15.0 Å². The van der Waals surface area contributed by atoms with Crippen LogP contribution >= 0.6 is 0 Å². The fraction of sp³-hybridized carbons (Fsp3) is 0.520. The highest BCUT2D eigenvalue weighted by Gasteiger charge is 2.53. The van der Waals surface area contributed by atoms with Crippen molar-refractivity contribution in [3.05, 3.63) is 47.2 Å². The number of hydrogen-bond acceptors (Lipinski definition) is 4. The van der Waals surface area contributed by atoms with Crippen molar-refractivity contribution >= 4 is 17.4 Å². The van der Waals surface area contributed by atoms with Gasteiger partial charge in [0.05, 0.1) is 11.4 Å². The Balaban J connectivity index is 0.00000324. The minimum absolute atomic E-state index is 0. The van der Waals surface area contributed by atoms with Gasteiger partial charge in [-0.2, -0.15) is 0 Å². The van der Waals surface area contributed by atoms with E-state index in [1.165, 1.54) is 12.1 Å². The Labute approximate surface area is 193 Å². The summed E-state index contributed by atoms with van der Waals surface area (Å²) in [6.45, 7) is 11.7. The van der Waals surface area contributed by atoms with Crippen LogP contribution in [0.15, 0.2) is 30.3 Å². The van der Waals surface area contributed by atoms with Crippen LogP contribution in [-0.4, -0.2) is 23.8 Å². The van der Waals surface area contributed by atoms with Crippen LogP contribution in [0.25, 0.3) is 0 Å². The van der Waals surface area contributed by atoms with E-state index in [4.69, 9.17) is 4.98 Å². The van der Waals surface area contributed by atoms with Gasteiger partial charge in [0, 0.05) is 26.9 Å². The monoisotopic (exact) mass is 463 g/mol. The zero-order valence-electron chi connectivity index (χ0n) is 19.6. The summed E-state index contributed by atoms with van der Waals surface area (Å²) in [5.41, 5.74) is 3.69. The van der Waals surface area contributed by atoms with E-state index in [2.05, 4.69) is 27.9 Å². The third-order valence-electron chi connectivity index (χ3n) is 6.35. The van der Waals surface area contributed by atoms with Gasteiger partial charge in [0.1, 0.15) is 11.6 Å². The van der Waals surface area contributed by atoms with Gasteiger partial charge in [0.25, 0.3) is 0 Å². The number of halogens is 3. The molecule has 1 aliphatic heterocycles. The van der Waals surface area contributed by atoms with Crippen LogP contribution in [0.5, 0.6) is 5.75 Å². The molecule has 1 N–H and O–H groups in total. The predicted molar refractivity (Wildman–Crippen MR) is 123 cm³/mol. The number of anilines is 2. The largest absolute Gasteiger partial charge is 0.573 e. The van der Waals surface area contributed by atoms with Crippen molar-refractivity contribution in [1.29, 1.82) is 0 Å². The molecule has 33 heavy (non-hydrogen) atoms. The van der Waals surface area contributed by atoms with Gasteiger partial charge in [-0.15, -0.1) is 13.2 Å². The summed E-state index contributed by atoms with van der Waals surface area (Å²) in [7, 11) is 0. The summed E-state index contributed by atoms with van der Waals surface area (Å²) in [4.78, 5) is 19.6. The van der Waals surface area contributed by atoms with E-state index in [9.17, 15) is 18.0 Å². The molecular weight excluding hydrogens is 431 g/mol. The molecule has 0 spiro atoms. The van der Waals surface area contributed by atoms with Crippen molar-refractivity contribution in [2.45, 2.75) is 59.9 Å². The first-order chi connectivity index (χ1) is 15.3. The minimum Gasteiger partial charge on any atom is -0.406 e. The second kappa shape index (κ2) is 8.22. The Hall–Kier alpha value is -2.77. The molecule has 1 aromatic heterocycles. The van der Waals surface area contributed by atoms with E-state index in [0.29, 0.717) is 36.5 Å². The number of amides is 1. The van der Waals surface area contributed by atoms with Crippen LogP contribution in [0.2, 0.25) is 0 Å². The van der Waals surface area contributed by atoms with Crippen molar-refractivity contribution in [3.63, 3.8) is 0 Å². The fourth-order valence-electron chi connectivity index (χ4n) is 4.69. The van der Waals surface area contributed by atoms with E-state index in [0.717, 1.165) is 29.1 Å². The number of ether oxygens (including phenoxy) is 1. The third kappa shape index (κ3) is 5.42. The highest BCUT2D eigenvalue weighted by atomic mass is 19.4. The third-order valence-corrected chi connectivity index (χ3v) is 6.35. The summed E-state index contributed by atoms with van der Waals surface area (Å²) in [5, 5.41) is 2.99. The van der Waals surface area contributed by atoms with Gasteiger partial charge in [0.15, 0.2) is 0 Å². The molecule has 1 aliphatic carbocycles. The number of hydrogen-bond donors (Lipinski definition) is 1. The average molecular weight is 464 g/mol. The molecular formula is C25H32F3N3O2. The smallest absolute Gasteiger partial charge is 0.406 e. The number of rotatable bonds is 5. The second-order valence-corrected chi connectivity index (χ2v) is 10.5. The molecule has 8 heteroatoms. The molecule has 1 amide bonds. The molecule has 3 unspecified atom stereocenters. The molecule has 2 heterocycles. The van der Waals surface area contributed by atoms with E-state index < -0.39 is 6.36 Å².